The molecule has 178 valence electrons. The summed E-state index contributed by atoms with van der Waals surface area (Å²) < 4.78 is 40.1. The van der Waals surface area contributed by atoms with E-state index in [0.717, 1.165) is 12.3 Å². The van der Waals surface area contributed by atoms with Crippen molar-refractivity contribution in [3.05, 3.63) is 74.9 Å². The van der Waals surface area contributed by atoms with Crippen LogP contribution in [0.2, 0.25) is 5.02 Å². The summed E-state index contributed by atoms with van der Waals surface area (Å²) in [5.41, 5.74) is -0.675. The molecular formula is C21H18ClF3N6O3. The fourth-order valence-electron chi connectivity index (χ4n) is 3.77. The van der Waals surface area contributed by atoms with Gasteiger partial charge < -0.3 is 14.4 Å². The number of nitro groups is 1. The van der Waals surface area contributed by atoms with Crippen molar-refractivity contribution < 1.29 is 22.9 Å². The van der Waals surface area contributed by atoms with Crippen LogP contribution in [0.4, 0.5) is 30.4 Å². The van der Waals surface area contributed by atoms with E-state index in [9.17, 15) is 28.1 Å². The van der Waals surface area contributed by atoms with Crippen LogP contribution in [0.1, 0.15) is 21.7 Å². The molecule has 0 aliphatic carbocycles. The van der Waals surface area contributed by atoms with Gasteiger partial charge in [-0.25, -0.2) is 9.97 Å². The molecule has 1 fully saturated rings. The highest BCUT2D eigenvalue weighted by Crippen LogP contribution is 2.35. The maximum absolute atomic E-state index is 12.9. The zero-order valence-electron chi connectivity index (χ0n) is 17.8. The van der Waals surface area contributed by atoms with Gasteiger partial charge in [-0.1, -0.05) is 11.6 Å². The molecule has 0 spiro atoms. The number of benzene rings is 1. The van der Waals surface area contributed by atoms with Crippen LogP contribution < -0.4 is 9.80 Å². The van der Waals surface area contributed by atoms with Crippen molar-refractivity contribution in [2.24, 2.45) is 7.05 Å². The minimum Gasteiger partial charge on any atom is -0.362 e. The molecule has 1 aliphatic rings. The second-order valence-corrected chi connectivity index (χ2v) is 8.06. The van der Waals surface area contributed by atoms with E-state index in [-0.39, 0.29) is 27.9 Å². The van der Waals surface area contributed by atoms with E-state index in [4.69, 9.17) is 11.6 Å². The lowest BCUT2D eigenvalue weighted by atomic mass is 10.1. The van der Waals surface area contributed by atoms with Crippen molar-refractivity contribution in [1.82, 2.24) is 14.5 Å². The number of anilines is 2. The molecule has 9 nitrogen and oxygen atoms in total. The Hall–Kier alpha value is -3.67. The summed E-state index contributed by atoms with van der Waals surface area (Å²) in [6.45, 7) is 1.35. The Labute approximate surface area is 196 Å². The summed E-state index contributed by atoms with van der Waals surface area (Å²) in [4.78, 5) is 35.3. The van der Waals surface area contributed by atoms with Gasteiger partial charge in [0.15, 0.2) is 5.82 Å². The van der Waals surface area contributed by atoms with E-state index in [1.165, 1.54) is 29.0 Å². The van der Waals surface area contributed by atoms with Crippen molar-refractivity contribution in [3.63, 3.8) is 0 Å². The number of alkyl halides is 3. The first-order valence-electron chi connectivity index (χ1n) is 10.1. The van der Waals surface area contributed by atoms with Crippen LogP contribution in [0.3, 0.4) is 0 Å². The number of piperazine rings is 1. The normalized spacial score (nSPS) is 14.4. The third kappa shape index (κ3) is 4.53. The monoisotopic (exact) mass is 494 g/mol. The minimum absolute atomic E-state index is 0.119. The molecule has 4 rings (SSSR count). The number of hydrogen-bond donors (Lipinski definition) is 0. The van der Waals surface area contributed by atoms with E-state index in [1.54, 1.807) is 23.0 Å². The SMILES string of the molecule is Cn1ccnc1C(=O)c1ccc(N2CCN(c3ncc(C(F)(F)F)cc3Cl)CC2)c([N+](=O)[O-])c1. The van der Waals surface area contributed by atoms with E-state index >= 15 is 0 Å². The van der Waals surface area contributed by atoms with E-state index in [0.29, 0.717) is 31.9 Å². The first-order chi connectivity index (χ1) is 16.1. The van der Waals surface area contributed by atoms with Gasteiger partial charge in [-0.05, 0) is 18.2 Å². The fraction of sp³-hybridized carbons (Fsp3) is 0.286. The van der Waals surface area contributed by atoms with Gasteiger partial charge in [0.1, 0.15) is 11.5 Å². The number of aromatic nitrogens is 3. The molecule has 1 aliphatic heterocycles. The molecule has 0 bridgehead atoms. The Morgan fingerprint density at radius 1 is 1.12 bits per heavy atom. The zero-order valence-corrected chi connectivity index (χ0v) is 18.5. The lowest BCUT2D eigenvalue weighted by Crippen LogP contribution is -2.47. The number of aryl methyl sites for hydroxylation is 1. The Balaban J connectivity index is 1.53. The lowest BCUT2D eigenvalue weighted by Gasteiger charge is -2.36. The van der Waals surface area contributed by atoms with E-state index in [2.05, 4.69) is 9.97 Å². The van der Waals surface area contributed by atoms with Gasteiger partial charge in [0.05, 0.1) is 15.5 Å². The van der Waals surface area contributed by atoms with Crippen molar-refractivity contribution in [1.29, 1.82) is 0 Å². The minimum atomic E-state index is -4.55. The van der Waals surface area contributed by atoms with Crippen molar-refractivity contribution in [2.75, 3.05) is 36.0 Å². The van der Waals surface area contributed by atoms with Gasteiger partial charge in [0, 0.05) is 63.4 Å². The number of carbonyl (C=O) groups is 1. The van der Waals surface area contributed by atoms with Gasteiger partial charge in [-0.15, -0.1) is 0 Å². The van der Waals surface area contributed by atoms with Crippen LogP contribution in [-0.2, 0) is 13.2 Å². The number of carbonyl (C=O) groups excluding carboxylic acids is 1. The number of halogens is 4. The molecule has 0 atom stereocenters. The molecule has 0 saturated carbocycles. The summed E-state index contributed by atoms with van der Waals surface area (Å²) in [5.74, 6) is -0.0496. The topological polar surface area (TPSA) is 97.4 Å². The highest BCUT2D eigenvalue weighted by Gasteiger charge is 2.33. The van der Waals surface area contributed by atoms with Crippen LogP contribution >= 0.6 is 11.6 Å². The molecule has 0 radical (unpaired) electrons. The van der Waals surface area contributed by atoms with Gasteiger partial charge in [-0.2, -0.15) is 13.2 Å². The molecule has 34 heavy (non-hydrogen) atoms. The van der Waals surface area contributed by atoms with Crippen LogP contribution in [-0.4, -0.2) is 51.4 Å². The van der Waals surface area contributed by atoms with Crippen molar-refractivity contribution >= 4 is 34.6 Å². The molecule has 0 N–H and O–H groups in total. The Morgan fingerprint density at radius 3 is 2.35 bits per heavy atom. The average Bonchev–Trinajstić information content (AvgIpc) is 3.23. The second kappa shape index (κ2) is 8.93. The first-order valence-corrected chi connectivity index (χ1v) is 10.5. The molecule has 0 unspecified atom stereocenters. The largest absolute Gasteiger partial charge is 0.417 e. The Bertz CT molecular complexity index is 1250. The van der Waals surface area contributed by atoms with Crippen molar-refractivity contribution in [2.45, 2.75) is 6.18 Å². The summed E-state index contributed by atoms with van der Waals surface area (Å²) >= 11 is 6.04. The summed E-state index contributed by atoms with van der Waals surface area (Å²) in [5, 5.41) is 11.6. The van der Waals surface area contributed by atoms with Crippen molar-refractivity contribution in [3.8, 4) is 0 Å². The maximum Gasteiger partial charge on any atom is 0.417 e. The number of imidazole rings is 1. The number of nitro benzene ring substituents is 1. The molecule has 1 saturated heterocycles. The zero-order chi connectivity index (χ0) is 24.6. The predicted molar refractivity (Wildman–Crippen MR) is 118 cm³/mol. The predicted octanol–water partition coefficient (Wildman–Crippen LogP) is 3.95. The smallest absolute Gasteiger partial charge is 0.362 e. The van der Waals surface area contributed by atoms with Gasteiger partial charge in [0.25, 0.3) is 5.69 Å². The Kier molecular flexibility index (Phi) is 6.17. The average molecular weight is 495 g/mol. The van der Waals surface area contributed by atoms with Gasteiger partial charge in [-0.3, -0.25) is 14.9 Å². The number of ketones is 1. The first kappa shape index (κ1) is 23.5. The number of pyridine rings is 1. The number of hydrogen-bond acceptors (Lipinski definition) is 7. The summed E-state index contributed by atoms with van der Waals surface area (Å²) in [6, 6.07) is 5.10. The quantitative estimate of drug-likeness (QED) is 0.301. The van der Waals surface area contributed by atoms with Crippen LogP contribution in [0.15, 0.2) is 42.9 Å². The fourth-order valence-corrected chi connectivity index (χ4v) is 4.06. The third-order valence-corrected chi connectivity index (χ3v) is 5.81. The molecule has 1 aromatic carbocycles. The van der Waals surface area contributed by atoms with Crippen LogP contribution in [0.25, 0.3) is 0 Å². The van der Waals surface area contributed by atoms with E-state index < -0.39 is 22.4 Å². The third-order valence-electron chi connectivity index (χ3n) is 5.53. The standard InChI is InChI=1S/C21H18ClF3N6O3/c1-28-5-4-26-20(28)18(32)13-2-3-16(17(10-13)31(33)34)29-6-8-30(9-7-29)19-15(22)11-14(12-27-19)21(23,24)25/h2-5,10-12H,6-9H2,1H3. The molecular weight excluding hydrogens is 477 g/mol. The summed E-state index contributed by atoms with van der Waals surface area (Å²) in [6.07, 6.45) is -0.743. The Morgan fingerprint density at radius 2 is 1.79 bits per heavy atom. The lowest BCUT2D eigenvalue weighted by molar-refractivity contribution is -0.384. The van der Waals surface area contributed by atoms with Crippen LogP contribution in [0, 0.1) is 10.1 Å². The second-order valence-electron chi connectivity index (χ2n) is 7.65. The molecule has 0 amide bonds. The highest BCUT2D eigenvalue weighted by molar-refractivity contribution is 6.33. The maximum atomic E-state index is 12.9. The number of nitrogens with zero attached hydrogens (tertiary/aromatic N) is 6. The van der Waals surface area contributed by atoms with Gasteiger partial charge in [0.2, 0.25) is 5.78 Å². The van der Waals surface area contributed by atoms with Gasteiger partial charge >= 0.3 is 6.18 Å². The summed E-state index contributed by atoms with van der Waals surface area (Å²) in [7, 11) is 1.65. The van der Waals surface area contributed by atoms with Crippen LogP contribution in [0.5, 0.6) is 0 Å². The molecule has 13 heteroatoms. The molecule has 3 aromatic rings. The molecule has 3 heterocycles. The van der Waals surface area contributed by atoms with E-state index in [1.807, 2.05) is 0 Å². The molecule has 2 aromatic heterocycles. The number of rotatable bonds is 5. The highest BCUT2D eigenvalue weighted by atomic mass is 35.5.